The van der Waals surface area contributed by atoms with Gasteiger partial charge in [0.25, 0.3) is 0 Å². The van der Waals surface area contributed by atoms with Crippen molar-refractivity contribution in [2.75, 3.05) is 0 Å². The molecule has 0 saturated heterocycles. The summed E-state index contributed by atoms with van der Waals surface area (Å²) in [5.74, 6) is -0.412. The van der Waals surface area contributed by atoms with Crippen LogP contribution in [0.25, 0.3) is 0 Å². The molecule has 1 aromatic carbocycles. The molecule has 1 aromatic rings. The maximum Gasteiger partial charge on any atom is 0.314 e. The van der Waals surface area contributed by atoms with Gasteiger partial charge < -0.3 is 4.74 Å². The first kappa shape index (κ1) is 10.6. The molecule has 1 aliphatic rings. The van der Waals surface area contributed by atoms with E-state index in [0.29, 0.717) is 0 Å². The number of nitrogens with zero attached hydrogens (tertiary/aromatic N) is 1. The van der Waals surface area contributed by atoms with Crippen LogP contribution in [0.5, 0.6) is 5.75 Å². The Balaban J connectivity index is 2.13. The van der Waals surface area contributed by atoms with Crippen LogP contribution in [0.1, 0.15) is 19.3 Å². The molecule has 0 bridgehead atoms. The Bertz CT molecular complexity index is 426. The van der Waals surface area contributed by atoms with Gasteiger partial charge in [-0.3, -0.25) is 14.9 Å². The molecule has 84 valence electrons. The second kappa shape index (κ2) is 4.30. The lowest BCUT2D eigenvalue weighted by Crippen LogP contribution is -2.26. The summed E-state index contributed by atoms with van der Waals surface area (Å²) in [7, 11) is 0. The first-order valence-electron chi connectivity index (χ1n) is 5.13. The average molecular weight is 221 g/mol. The van der Waals surface area contributed by atoms with E-state index in [2.05, 4.69) is 0 Å². The summed E-state index contributed by atoms with van der Waals surface area (Å²) in [4.78, 5) is 21.6. The van der Waals surface area contributed by atoms with Gasteiger partial charge in [0.05, 0.1) is 10.8 Å². The Kier molecular flexibility index (Phi) is 2.85. The molecule has 16 heavy (non-hydrogen) atoms. The number of esters is 1. The number of rotatable bonds is 3. The first-order chi connectivity index (χ1) is 7.68. The standard InChI is InChI=1S/C11H11NO4/c13-11(8-4-3-5-8)16-10-7-2-1-6-9(10)12(14)15/h1-2,6-8H,3-5H2. The van der Waals surface area contributed by atoms with E-state index < -0.39 is 4.92 Å². The van der Waals surface area contributed by atoms with Crippen LogP contribution in [-0.4, -0.2) is 10.9 Å². The highest BCUT2D eigenvalue weighted by atomic mass is 16.6. The van der Waals surface area contributed by atoms with E-state index in [0.717, 1.165) is 19.3 Å². The van der Waals surface area contributed by atoms with Gasteiger partial charge in [0, 0.05) is 6.07 Å². The Labute approximate surface area is 92.2 Å². The van der Waals surface area contributed by atoms with Gasteiger partial charge in [-0.05, 0) is 18.9 Å². The van der Waals surface area contributed by atoms with E-state index in [-0.39, 0.29) is 23.3 Å². The van der Waals surface area contributed by atoms with Gasteiger partial charge in [0.2, 0.25) is 5.75 Å². The van der Waals surface area contributed by atoms with Gasteiger partial charge in [-0.2, -0.15) is 0 Å². The monoisotopic (exact) mass is 221 g/mol. The maximum atomic E-state index is 11.5. The largest absolute Gasteiger partial charge is 0.419 e. The molecule has 0 atom stereocenters. The van der Waals surface area contributed by atoms with E-state index in [1.807, 2.05) is 0 Å². The van der Waals surface area contributed by atoms with E-state index in [1.165, 1.54) is 12.1 Å². The van der Waals surface area contributed by atoms with Crippen molar-refractivity contribution in [2.45, 2.75) is 19.3 Å². The van der Waals surface area contributed by atoms with Crippen LogP contribution in [-0.2, 0) is 4.79 Å². The topological polar surface area (TPSA) is 69.4 Å². The van der Waals surface area contributed by atoms with E-state index in [9.17, 15) is 14.9 Å². The number of carbonyl (C=O) groups is 1. The lowest BCUT2D eigenvalue weighted by Gasteiger charge is -2.22. The zero-order valence-corrected chi connectivity index (χ0v) is 8.59. The summed E-state index contributed by atoms with van der Waals surface area (Å²) in [6.07, 6.45) is 2.66. The van der Waals surface area contributed by atoms with Crippen LogP contribution in [0.15, 0.2) is 24.3 Å². The molecule has 0 spiro atoms. The Morgan fingerprint density at radius 2 is 2.06 bits per heavy atom. The minimum atomic E-state index is -0.552. The van der Waals surface area contributed by atoms with Crippen molar-refractivity contribution in [1.29, 1.82) is 0 Å². The molecule has 1 aliphatic carbocycles. The molecular weight excluding hydrogens is 210 g/mol. The number of nitro groups is 1. The van der Waals surface area contributed by atoms with Crippen molar-refractivity contribution >= 4 is 11.7 Å². The van der Waals surface area contributed by atoms with Crippen LogP contribution in [0, 0.1) is 16.0 Å². The summed E-state index contributed by atoms with van der Waals surface area (Å²) >= 11 is 0. The van der Waals surface area contributed by atoms with Gasteiger partial charge in [-0.25, -0.2) is 0 Å². The molecule has 0 heterocycles. The first-order valence-corrected chi connectivity index (χ1v) is 5.13. The second-order valence-electron chi connectivity index (χ2n) is 3.77. The predicted molar refractivity (Wildman–Crippen MR) is 56.1 cm³/mol. The zero-order chi connectivity index (χ0) is 11.5. The van der Waals surface area contributed by atoms with Crippen LogP contribution in [0.4, 0.5) is 5.69 Å². The number of nitro benzene ring substituents is 1. The summed E-state index contributed by atoms with van der Waals surface area (Å²) in [6.45, 7) is 0. The molecule has 0 unspecified atom stereocenters. The average Bonchev–Trinajstić information content (AvgIpc) is 2.15. The highest BCUT2D eigenvalue weighted by Gasteiger charge is 2.28. The SMILES string of the molecule is O=C(Oc1ccccc1[N+](=O)[O-])C1CCC1. The van der Waals surface area contributed by atoms with Crippen molar-refractivity contribution in [3.8, 4) is 5.75 Å². The summed E-state index contributed by atoms with van der Waals surface area (Å²) < 4.78 is 5.03. The van der Waals surface area contributed by atoms with Crippen molar-refractivity contribution in [1.82, 2.24) is 0 Å². The molecule has 5 heteroatoms. The molecule has 1 fully saturated rings. The third-order valence-electron chi connectivity index (χ3n) is 2.71. The molecule has 0 aliphatic heterocycles. The quantitative estimate of drug-likeness (QED) is 0.340. The van der Waals surface area contributed by atoms with Gasteiger partial charge in [-0.1, -0.05) is 18.6 Å². The Morgan fingerprint density at radius 3 is 2.62 bits per heavy atom. The van der Waals surface area contributed by atoms with Crippen molar-refractivity contribution in [2.24, 2.45) is 5.92 Å². The van der Waals surface area contributed by atoms with Crippen LogP contribution >= 0.6 is 0 Å². The highest BCUT2D eigenvalue weighted by molar-refractivity contribution is 5.77. The molecule has 0 amide bonds. The minimum Gasteiger partial charge on any atom is -0.419 e. The predicted octanol–water partition coefficient (Wildman–Crippen LogP) is 2.30. The van der Waals surface area contributed by atoms with E-state index >= 15 is 0 Å². The molecule has 0 aromatic heterocycles. The second-order valence-corrected chi connectivity index (χ2v) is 3.77. The van der Waals surface area contributed by atoms with Crippen LogP contribution in [0.3, 0.4) is 0 Å². The van der Waals surface area contributed by atoms with Gasteiger partial charge in [-0.15, -0.1) is 0 Å². The molecule has 0 N–H and O–H groups in total. The summed E-state index contributed by atoms with van der Waals surface area (Å²) in [6, 6.07) is 5.91. The molecule has 1 saturated carbocycles. The van der Waals surface area contributed by atoms with Gasteiger partial charge in [0.1, 0.15) is 0 Å². The highest BCUT2D eigenvalue weighted by Crippen LogP contribution is 2.31. The van der Waals surface area contributed by atoms with Gasteiger partial charge >= 0.3 is 11.7 Å². The number of hydrogen-bond acceptors (Lipinski definition) is 4. The zero-order valence-electron chi connectivity index (χ0n) is 8.59. The lowest BCUT2D eigenvalue weighted by atomic mass is 9.86. The van der Waals surface area contributed by atoms with E-state index in [1.54, 1.807) is 12.1 Å². The van der Waals surface area contributed by atoms with Crippen molar-refractivity contribution in [3.05, 3.63) is 34.4 Å². The third kappa shape index (κ3) is 2.03. The normalized spacial score (nSPS) is 15.2. The molecule has 0 radical (unpaired) electrons. The number of benzene rings is 1. The maximum absolute atomic E-state index is 11.5. The van der Waals surface area contributed by atoms with Crippen molar-refractivity contribution < 1.29 is 14.5 Å². The molecular formula is C11H11NO4. The fourth-order valence-corrected chi connectivity index (χ4v) is 1.53. The van der Waals surface area contributed by atoms with Crippen LogP contribution in [0.2, 0.25) is 0 Å². The van der Waals surface area contributed by atoms with Crippen LogP contribution < -0.4 is 4.74 Å². The van der Waals surface area contributed by atoms with Gasteiger partial charge in [0.15, 0.2) is 0 Å². The Hall–Kier alpha value is -1.91. The smallest absolute Gasteiger partial charge is 0.314 e. The fraction of sp³-hybridized carbons (Fsp3) is 0.364. The number of para-hydroxylation sites is 2. The number of hydrogen-bond donors (Lipinski definition) is 0. The van der Waals surface area contributed by atoms with E-state index in [4.69, 9.17) is 4.74 Å². The van der Waals surface area contributed by atoms with Crippen molar-refractivity contribution in [3.63, 3.8) is 0 Å². The minimum absolute atomic E-state index is 0.0319. The Morgan fingerprint density at radius 1 is 1.38 bits per heavy atom. The number of ether oxygens (including phenoxy) is 1. The number of carbonyl (C=O) groups excluding carboxylic acids is 1. The lowest BCUT2D eigenvalue weighted by molar-refractivity contribution is -0.385. The fourth-order valence-electron chi connectivity index (χ4n) is 1.53. The summed E-state index contributed by atoms with van der Waals surface area (Å²) in [5.41, 5.74) is -0.171. The molecule has 2 rings (SSSR count). The third-order valence-corrected chi connectivity index (χ3v) is 2.71. The molecule has 5 nitrogen and oxygen atoms in total. The summed E-state index contributed by atoms with van der Waals surface area (Å²) in [5, 5.41) is 10.7.